The number of benzene rings is 2. The molecule has 2 aliphatic heterocycles. The highest BCUT2D eigenvalue weighted by Crippen LogP contribution is 2.66. The van der Waals surface area contributed by atoms with Gasteiger partial charge in [-0.3, -0.25) is 9.69 Å². The molecule has 1 amide bonds. The van der Waals surface area contributed by atoms with Gasteiger partial charge in [-0.1, -0.05) is 24.1 Å². The summed E-state index contributed by atoms with van der Waals surface area (Å²) in [6.07, 6.45) is 2.98. The molecule has 1 saturated heterocycles. The van der Waals surface area contributed by atoms with Crippen LogP contribution in [-0.2, 0) is 16.6 Å². The Morgan fingerprint density at radius 1 is 1.31 bits per heavy atom. The quantitative estimate of drug-likeness (QED) is 0.474. The maximum Gasteiger partial charge on any atom is 0.298 e. The molecule has 2 heterocycles. The minimum absolute atomic E-state index is 0.0163. The van der Waals surface area contributed by atoms with Crippen LogP contribution in [0.4, 0.5) is 0 Å². The number of nitrogens with zero attached hydrogens (tertiary/aromatic N) is 3. The first-order chi connectivity index (χ1) is 18.7. The summed E-state index contributed by atoms with van der Waals surface area (Å²) < 4.78 is 6.54. The van der Waals surface area contributed by atoms with E-state index < -0.39 is 29.2 Å². The molecule has 1 spiro atoms. The highest BCUT2D eigenvalue weighted by Gasteiger charge is 2.74. The van der Waals surface area contributed by atoms with E-state index in [0.29, 0.717) is 38.0 Å². The van der Waals surface area contributed by atoms with Gasteiger partial charge in [-0.15, -0.1) is 6.58 Å². The Hall–Kier alpha value is -3.78. The Morgan fingerprint density at radius 3 is 2.82 bits per heavy atom. The Kier molecular flexibility index (Phi) is 5.80. The summed E-state index contributed by atoms with van der Waals surface area (Å²) >= 11 is 0. The summed E-state index contributed by atoms with van der Waals surface area (Å²) in [6, 6.07) is 10.7. The van der Waals surface area contributed by atoms with Crippen LogP contribution in [-0.4, -0.2) is 69.3 Å². The average molecular weight is 524 g/mol. The van der Waals surface area contributed by atoms with Gasteiger partial charge < -0.3 is 19.8 Å². The predicted molar refractivity (Wildman–Crippen MR) is 146 cm³/mol. The first-order valence-electron chi connectivity index (χ1n) is 13.5. The van der Waals surface area contributed by atoms with Crippen molar-refractivity contribution in [3.05, 3.63) is 70.8 Å². The molecule has 1 saturated carbocycles. The molecule has 2 N–H and O–H groups in total. The molecule has 2 fully saturated rings. The molecular formula is C32H33N3O4. The number of carbonyl (C=O) groups is 1. The van der Waals surface area contributed by atoms with Gasteiger partial charge in [0.05, 0.1) is 29.2 Å². The van der Waals surface area contributed by atoms with Crippen molar-refractivity contribution in [1.82, 2.24) is 9.80 Å². The van der Waals surface area contributed by atoms with Crippen LogP contribution in [0.3, 0.4) is 0 Å². The number of piperidine rings is 1. The third kappa shape index (κ3) is 3.40. The van der Waals surface area contributed by atoms with Gasteiger partial charge in [0, 0.05) is 36.7 Å². The maximum atomic E-state index is 13.4. The molecule has 7 nitrogen and oxygen atoms in total. The number of aliphatic hydroxyl groups is 1. The molecule has 6 atom stereocenters. The van der Waals surface area contributed by atoms with E-state index in [1.165, 1.54) is 5.56 Å². The van der Waals surface area contributed by atoms with Crippen LogP contribution >= 0.6 is 0 Å². The van der Waals surface area contributed by atoms with E-state index in [1.54, 1.807) is 24.1 Å². The van der Waals surface area contributed by atoms with E-state index in [0.717, 1.165) is 22.3 Å². The molecule has 2 bridgehead atoms. The van der Waals surface area contributed by atoms with Gasteiger partial charge >= 0.3 is 0 Å². The van der Waals surface area contributed by atoms with Crippen molar-refractivity contribution in [2.75, 3.05) is 13.6 Å². The number of hydrogen-bond acceptors (Lipinski definition) is 6. The topological polar surface area (TPSA) is 97.0 Å². The minimum Gasteiger partial charge on any atom is -0.504 e. The number of ether oxygens (including phenoxy) is 1. The van der Waals surface area contributed by atoms with Crippen LogP contribution in [0.15, 0.2) is 43.0 Å². The molecule has 2 aliphatic carbocycles. The number of phenolic OH excluding ortho intramolecular Hbond substituents is 1. The number of nitriles is 1. The van der Waals surface area contributed by atoms with Crippen molar-refractivity contribution in [1.29, 1.82) is 5.26 Å². The largest absolute Gasteiger partial charge is 0.504 e. The second-order valence-corrected chi connectivity index (χ2v) is 11.5. The van der Waals surface area contributed by atoms with Gasteiger partial charge in [-0.2, -0.15) is 5.26 Å². The monoisotopic (exact) mass is 523 g/mol. The van der Waals surface area contributed by atoms with Crippen molar-refractivity contribution in [2.24, 2.45) is 0 Å². The molecule has 2 aromatic carbocycles. The second kappa shape index (κ2) is 8.88. The van der Waals surface area contributed by atoms with Crippen LogP contribution in [0.25, 0.3) is 0 Å². The summed E-state index contributed by atoms with van der Waals surface area (Å²) in [5.74, 6) is 5.85. The Labute approximate surface area is 229 Å². The molecule has 2 aromatic rings. The van der Waals surface area contributed by atoms with E-state index in [9.17, 15) is 20.3 Å². The van der Waals surface area contributed by atoms with Gasteiger partial charge in [0.15, 0.2) is 11.5 Å². The number of aryl methyl sites for hydroxylation is 2. The van der Waals surface area contributed by atoms with Gasteiger partial charge in [0.2, 0.25) is 0 Å². The third-order valence-electron chi connectivity index (χ3n) is 9.75. The normalized spacial score (nSPS) is 31.7. The van der Waals surface area contributed by atoms with Crippen molar-refractivity contribution >= 4 is 5.91 Å². The van der Waals surface area contributed by atoms with E-state index in [2.05, 4.69) is 29.4 Å². The number of rotatable bonds is 3. The van der Waals surface area contributed by atoms with Crippen LogP contribution in [0.1, 0.15) is 47.1 Å². The lowest BCUT2D eigenvalue weighted by Crippen LogP contribution is -2.79. The minimum atomic E-state index is -1.19. The lowest BCUT2D eigenvalue weighted by atomic mass is 9.47. The van der Waals surface area contributed by atoms with Gasteiger partial charge in [-0.05, 0) is 74.4 Å². The highest BCUT2D eigenvalue weighted by atomic mass is 16.5. The summed E-state index contributed by atoms with van der Waals surface area (Å²) in [5.41, 5.74) is 2.74. The van der Waals surface area contributed by atoms with Gasteiger partial charge in [0.25, 0.3) is 5.91 Å². The highest BCUT2D eigenvalue weighted by molar-refractivity contribution is 5.94. The number of phenols is 1. The fraction of sp³-hybridized carbons (Fsp3) is 0.438. The zero-order valence-corrected chi connectivity index (χ0v) is 22.6. The first-order valence-corrected chi connectivity index (χ1v) is 13.5. The number of hydrogen-bond donors (Lipinski definition) is 2. The third-order valence-corrected chi connectivity index (χ3v) is 9.75. The number of carbonyl (C=O) groups excluding carboxylic acids is 1. The Morgan fingerprint density at radius 2 is 2.10 bits per heavy atom. The molecule has 4 aliphatic rings. The summed E-state index contributed by atoms with van der Waals surface area (Å²) in [6.45, 7) is 8.43. The number of amides is 1. The lowest BCUT2D eigenvalue weighted by molar-refractivity contribution is -0.205. The van der Waals surface area contributed by atoms with Gasteiger partial charge in [-0.25, -0.2) is 0 Å². The smallest absolute Gasteiger partial charge is 0.298 e. The SMILES string of the molecule is C=CCN1C(C#N)C[C@]23c4c5ccc(O)c4O[C@H]2[C@@H](N(C)C(=O)C#Cc2ccc(C)c(C)c2)CC[C@@]3(O)[C@H]1C5. The van der Waals surface area contributed by atoms with Crippen molar-refractivity contribution in [2.45, 2.75) is 74.8 Å². The first kappa shape index (κ1) is 25.5. The van der Waals surface area contributed by atoms with E-state index >= 15 is 0 Å². The Balaban J connectivity index is 1.42. The Bertz CT molecular complexity index is 1500. The predicted octanol–water partition coefficient (Wildman–Crippen LogP) is 3.12. The molecule has 39 heavy (non-hydrogen) atoms. The van der Waals surface area contributed by atoms with E-state index in [-0.39, 0.29) is 17.7 Å². The molecule has 200 valence electrons. The lowest BCUT2D eigenvalue weighted by Gasteiger charge is -2.65. The summed E-state index contributed by atoms with van der Waals surface area (Å²) in [4.78, 5) is 17.1. The maximum absolute atomic E-state index is 13.4. The summed E-state index contributed by atoms with van der Waals surface area (Å²) in [5, 5.41) is 33.6. The number of likely N-dealkylation sites (N-methyl/N-ethyl adjacent to an activating group) is 1. The zero-order chi connectivity index (χ0) is 27.7. The summed E-state index contributed by atoms with van der Waals surface area (Å²) in [7, 11) is 1.73. The number of aromatic hydroxyl groups is 1. The van der Waals surface area contributed by atoms with Crippen LogP contribution in [0.5, 0.6) is 11.5 Å². The van der Waals surface area contributed by atoms with Crippen LogP contribution in [0.2, 0.25) is 0 Å². The average Bonchev–Trinajstić information content (AvgIpc) is 3.27. The molecule has 7 heteroatoms. The molecular weight excluding hydrogens is 490 g/mol. The van der Waals surface area contributed by atoms with Gasteiger partial charge in [0.1, 0.15) is 6.10 Å². The second-order valence-electron chi connectivity index (χ2n) is 11.5. The van der Waals surface area contributed by atoms with Crippen LogP contribution in [0, 0.1) is 37.0 Å². The molecule has 0 radical (unpaired) electrons. The fourth-order valence-electron chi connectivity index (χ4n) is 7.74. The molecule has 1 unspecified atom stereocenters. The van der Waals surface area contributed by atoms with E-state index in [1.807, 2.05) is 38.1 Å². The van der Waals surface area contributed by atoms with Crippen LogP contribution < -0.4 is 4.74 Å². The number of likely N-dealkylation sites (tertiary alicyclic amines) is 1. The van der Waals surface area contributed by atoms with Crippen molar-refractivity contribution in [3.8, 4) is 29.4 Å². The fourth-order valence-corrected chi connectivity index (χ4v) is 7.74. The molecule has 0 aromatic heterocycles. The zero-order valence-electron chi connectivity index (χ0n) is 22.6. The standard InChI is InChI=1S/C32H33N3O4/c1-5-14-35-23(18-33)17-31-28-22-9-10-25(36)29(28)39-30(31)24(12-13-32(31,38)26(35)16-22)34(4)27(37)11-8-21-7-6-19(2)20(3)15-21/h5-7,9-10,15,23-24,26,30,36,38H,1,12-14,16-17H2,2-4H3/t23?,24-,26+,30-,31-,32+/m0/s1. The van der Waals surface area contributed by atoms with Crippen molar-refractivity contribution < 1.29 is 19.7 Å². The molecule has 6 rings (SSSR count). The van der Waals surface area contributed by atoms with Crippen molar-refractivity contribution in [3.63, 3.8) is 0 Å². The van der Waals surface area contributed by atoms with E-state index in [4.69, 9.17) is 4.74 Å².